The van der Waals surface area contributed by atoms with Crippen LogP contribution in [-0.4, -0.2) is 24.1 Å². The summed E-state index contributed by atoms with van der Waals surface area (Å²) in [5.41, 5.74) is 6.41. The number of carbonyl (C=O) groups is 1. The van der Waals surface area contributed by atoms with Gasteiger partial charge in [-0.05, 0) is 30.3 Å². The highest BCUT2D eigenvalue weighted by Crippen LogP contribution is 2.26. The Morgan fingerprint density at radius 1 is 1.45 bits per heavy atom. The van der Waals surface area contributed by atoms with Gasteiger partial charge in [0.05, 0.1) is 19.1 Å². The fourth-order valence-corrected chi connectivity index (χ4v) is 1.60. The maximum Gasteiger partial charge on any atom is 0.291 e. The highest BCUT2D eigenvalue weighted by atomic mass is 16.5. The minimum absolute atomic E-state index is 0.0489. The Balaban J connectivity index is 2.26. The first-order valence-electron chi connectivity index (χ1n) is 5.66. The van der Waals surface area contributed by atoms with Crippen molar-refractivity contribution in [2.45, 2.75) is 0 Å². The topological polar surface area (TPSA) is 110 Å². The average Bonchev–Trinajstić information content (AvgIpc) is 3.01. The third kappa shape index (κ3) is 2.72. The van der Waals surface area contributed by atoms with Crippen molar-refractivity contribution >= 4 is 17.4 Å². The monoisotopic (exact) mass is 275 g/mol. The van der Waals surface area contributed by atoms with E-state index in [4.69, 9.17) is 20.1 Å². The quantitative estimate of drug-likeness (QED) is 0.340. The predicted octanol–water partition coefficient (Wildman–Crippen LogP) is 1.63. The van der Waals surface area contributed by atoms with Crippen LogP contribution in [0.1, 0.15) is 16.1 Å². The van der Waals surface area contributed by atoms with Crippen molar-refractivity contribution in [1.29, 1.82) is 0 Å². The first-order valence-corrected chi connectivity index (χ1v) is 5.66. The minimum atomic E-state index is -0.398. The van der Waals surface area contributed by atoms with Crippen molar-refractivity contribution in [3.05, 3.63) is 47.9 Å². The maximum atomic E-state index is 11.9. The van der Waals surface area contributed by atoms with Crippen LogP contribution in [0.25, 0.3) is 0 Å². The summed E-state index contributed by atoms with van der Waals surface area (Å²) < 4.78 is 10.2. The summed E-state index contributed by atoms with van der Waals surface area (Å²) in [5.74, 6) is 0.124. The van der Waals surface area contributed by atoms with E-state index < -0.39 is 5.91 Å². The second-order valence-electron chi connectivity index (χ2n) is 3.83. The molecule has 104 valence electrons. The molecule has 0 atom stereocenters. The number of nitrogens with zero attached hydrogens (tertiary/aromatic N) is 1. The van der Waals surface area contributed by atoms with Gasteiger partial charge in [-0.1, -0.05) is 5.16 Å². The molecule has 7 nitrogen and oxygen atoms in total. The van der Waals surface area contributed by atoms with Crippen molar-refractivity contribution in [3.63, 3.8) is 0 Å². The molecule has 1 aromatic carbocycles. The van der Waals surface area contributed by atoms with Crippen LogP contribution in [-0.2, 0) is 0 Å². The van der Waals surface area contributed by atoms with Gasteiger partial charge in [0.1, 0.15) is 5.75 Å². The fraction of sp³-hybridized carbons (Fsp3) is 0.0769. The molecule has 0 aliphatic rings. The number of hydrogen-bond donors (Lipinski definition) is 3. The Hall–Kier alpha value is -2.96. The Morgan fingerprint density at radius 3 is 2.85 bits per heavy atom. The number of rotatable bonds is 4. The molecular weight excluding hydrogens is 262 g/mol. The van der Waals surface area contributed by atoms with E-state index in [0.29, 0.717) is 17.0 Å². The molecule has 20 heavy (non-hydrogen) atoms. The highest BCUT2D eigenvalue weighted by Gasteiger charge is 2.13. The molecule has 2 aromatic rings. The van der Waals surface area contributed by atoms with Crippen LogP contribution in [0.4, 0.5) is 5.69 Å². The summed E-state index contributed by atoms with van der Waals surface area (Å²) >= 11 is 0. The summed E-state index contributed by atoms with van der Waals surface area (Å²) in [6, 6.07) is 7.90. The van der Waals surface area contributed by atoms with Crippen molar-refractivity contribution in [2.24, 2.45) is 10.9 Å². The van der Waals surface area contributed by atoms with Crippen LogP contribution in [0, 0.1) is 0 Å². The van der Waals surface area contributed by atoms with Gasteiger partial charge in [0.25, 0.3) is 5.91 Å². The minimum Gasteiger partial charge on any atom is -0.495 e. The van der Waals surface area contributed by atoms with Gasteiger partial charge in [-0.2, -0.15) is 0 Å². The zero-order valence-electron chi connectivity index (χ0n) is 10.7. The standard InChI is InChI=1S/C13H13N3O4/c1-19-11-7-8(12(14)16-18)4-5-9(11)15-13(17)10-3-2-6-20-10/h2-7,18H,1H3,(H2,14,16)(H,15,17). The molecule has 1 amide bonds. The zero-order valence-corrected chi connectivity index (χ0v) is 10.7. The third-order valence-corrected chi connectivity index (χ3v) is 2.60. The molecule has 0 bridgehead atoms. The lowest BCUT2D eigenvalue weighted by Gasteiger charge is -2.10. The molecule has 0 aliphatic carbocycles. The molecular formula is C13H13N3O4. The Kier molecular flexibility index (Phi) is 3.90. The summed E-state index contributed by atoms with van der Waals surface area (Å²) in [6.07, 6.45) is 1.41. The smallest absolute Gasteiger partial charge is 0.291 e. The lowest BCUT2D eigenvalue weighted by atomic mass is 10.1. The summed E-state index contributed by atoms with van der Waals surface area (Å²) in [6.45, 7) is 0. The number of nitrogens with one attached hydrogen (secondary N) is 1. The number of methoxy groups -OCH3 is 1. The van der Waals surface area contributed by atoms with E-state index in [1.807, 2.05) is 0 Å². The normalized spacial score (nSPS) is 11.2. The van der Waals surface area contributed by atoms with Gasteiger partial charge in [-0.25, -0.2) is 0 Å². The molecule has 0 saturated heterocycles. The highest BCUT2D eigenvalue weighted by molar-refractivity contribution is 6.04. The summed E-state index contributed by atoms with van der Waals surface area (Å²) in [4.78, 5) is 11.9. The summed E-state index contributed by atoms with van der Waals surface area (Å²) in [7, 11) is 1.45. The summed E-state index contributed by atoms with van der Waals surface area (Å²) in [5, 5.41) is 14.2. The Morgan fingerprint density at radius 2 is 2.25 bits per heavy atom. The molecule has 2 rings (SSSR count). The first-order chi connectivity index (χ1) is 9.65. The Labute approximate surface area is 114 Å². The van der Waals surface area contributed by atoms with E-state index in [1.54, 1.807) is 30.3 Å². The first kappa shape index (κ1) is 13.5. The number of amides is 1. The van der Waals surface area contributed by atoms with Crippen molar-refractivity contribution in [1.82, 2.24) is 0 Å². The van der Waals surface area contributed by atoms with Gasteiger partial charge >= 0.3 is 0 Å². The van der Waals surface area contributed by atoms with Gasteiger partial charge in [0.15, 0.2) is 11.6 Å². The predicted molar refractivity (Wildman–Crippen MR) is 72.2 cm³/mol. The van der Waals surface area contributed by atoms with Crippen LogP contribution in [0.15, 0.2) is 46.2 Å². The lowest BCUT2D eigenvalue weighted by Crippen LogP contribution is -2.15. The van der Waals surface area contributed by atoms with Gasteiger partial charge in [-0.15, -0.1) is 0 Å². The SMILES string of the molecule is COc1cc(/C(N)=N/O)ccc1NC(=O)c1ccco1. The van der Waals surface area contributed by atoms with E-state index in [9.17, 15) is 4.79 Å². The van der Waals surface area contributed by atoms with Crippen LogP contribution >= 0.6 is 0 Å². The molecule has 7 heteroatoms. The number of anilines is 1. The second kappa shape index (κ2) is 5.79. The number of hydrogen-bond acceptors (Lipinski definition) is 5. The zero-order chi connectivity index (χ0) is 14.5. The van der Waals surface area contributed by atoms with E-state index in [1.165, 1.54) is 13.4 Å². The largest absolute Gasteiger partial charge is 0.495 e. The van der Waals surface area contributed by atoms with Gasteiger partial charge in [0, 0.05) is 5.56 Å². The molecule has 1 heterocycles. The van der Waals surface area contributed by atoms with Gasteiger partial charge < -0.3 is 25.4 Å². The number of ether oxygens (including phenoxy) is 1. The number of oxime groups is 1. The van der Waals surface area contributed by atoms with E-state index >= 15 is 0 Å². The molecule has 0 spiro atoms. The molecule has 0 saturated carbocycles. The number of nitrogens with two attached hydrogens (primary N) is 1. The van der Waals surface area contributed by atoms with Gasteiger partial charge in [-0.3, -0.25) is 4.79 Å². The van der Waals surface area contributed by atoms with E-state index in [2.05, 4.69) is 10.5 Å². The van der Waals surface area contributed by atoms with Crippen LogP contribution in [0.5, 0.6) is 5.75 Å². The van der Waals surface area contributed by atoms with Gasteiger partial charge in [0.2, 0.25) is 0 Å². The van der Waals surface area contributed by atoms with Crippen molar-refractivity contribution in [2.75, 3.05) is 12.4 Å². The number of amidine groups is 1. The average molecular weight is 275 g/mol. The third-order valence-electron chi connectivity index (χ3n) is 2.60. The van der Waals surface area contributed by atoms with Crippen molar-refractivity contribution < 1.29 is 19.2 Å². The number of carbonyl (C=O) groups excluding carboxylic acids is 1. The van der Waals surface area contributed by atoms with E-state index in [-0.39, 0.29) is 11.6 Å². The van der Waals surface area contributed by atoms with Crippen molar-refractivity contribution in [3.8, 4) is 5.75 Å². The molecule has 0 aliphatic heterocycles. The molecule has 0 unspecified atom stereocenters. The lowest BCUT2D eigenvalue weighted by molar-refractivity contribution is 0.0996. The molecule has 0 fully saturated rings. The van der Waals surface area contributed by atoms with Crippen LogP contribution in [0.3, 0.4) is 0 Å². The second-order valence-corrected chi connectivity index (χ2v) is 3.83. The Bertz CT molecular complexity index is 635. The molecule has 4 N–H and O–H groups in total. The molecule has 0 radical (unpaired) electrons. The van der Waals surface area contributed by atoms with Crippen LogP contribution in [0.2, 0.25) is 0 Å². The fourth-order valence-electron chi connectivity index (χ4n) is 1.60. The van der Waals surface area contributed by atoms with E-state index in [0.717, 1.165) is 0 Å². The number of benzene rings is 1. The van der Waals surface area contributed by atoms with Crippen LogP contribution < -0.4 is 15.8 Å². The maximum absolute atomic E-state index is 11.9. The molecule has 1 aromatic heterocycles. The number of furan rings is 1.